The van der Waals surface area contributed by atoms with E-state index >= 15 is 0 Å². The van der Waals surface area contributed by atoms with Gasteiger partial charge in [0.25, 0.3) is 0 Å². The fourth-order valence-electron chi connectivity index (χ4n) is 1.31. The van der Waals surface area contributed by atoms with Crippen LogP contribution in [-0.4, -0.2) is 48.6 Å². The number of quaternary nitrogens is 1. The highest BCUT2D eigenvalue weighted by Crippen LogP contribution is 2.13. The molecular weight excluding hydrogens is 161 g/mol. The van der Waals surface area contributed by atoms with E-state index < -0.39 is 13.2 Å². The van der Waals surface area contributed by atoms with Crippen molar-refractivity contribution >= 4 is 19.0 Å². The molecule has 12 heavy (non-hydrogen) atoms. The Kier molecular flexibility index (Phi) is 2.21. The first-order valence-corrected chi connectivity index (χ1v) is 3.68. The maximum Gasteiger partial charge on any atom is 1.06 e. The minimum atomic E-state index is -0.943. The van der Waals surface area contributed by atoms with Gasteiger partial charge in [-0.15, -0.1) is 0 Å². The van der Waals surface area contributed by atoms with Crippen LogP contribution >= 0.6 is 0 Å². The summed E-state index contributed by atoms with van der Waals surface area (Å²) in [6.07, 6.45) is 0. The molecule has 1 atom stereocenters. The molecule has 1 aliphatic rings. The molecule has 0 aromatic carbocycles. The van der Waals surface area contributed by atoms with Crippen molar-refractivity contribution in [2.45, 2.75) is 6.92 Å². The zero-order valence-electron chi connectivity index (χ0n) is 7.16. The quantitative estimate of drug-likeness (QED) is 0.368. The maximum atomic E-state index is 10.8. The Morgan fingerprint density at radius 1 is 1.83 bits per heavy atom. The van der Waals surface area contributed by atoms with Crippen LogP contribution in [0.5, 0.6) is 0 Å². The van der Waals surface area contributed by atoms with Crippen LogP contribution in [0, 0.1) is 0 Å². The predicted molar refractivity (Wildman–Crippen MR) is 42.1 cm³/mol. The van der Waals surface area contributed by atoms with Crippen molar-refractivity contribution in [1.29, 1.82) is 0 Å². The summed E-state index contributed by atoms with van der Waals surface area (Å²) in [6, 6.07) is 0. The van der Waals surface area contributed by atoms with Crippen LogP contribution in [0.25, 0.3) is 0 Å². The van der Waals surface area contributed by atoms with Crippen molar-refractivity contribution in [3.05, 3.63) is 0 Å². The number of carbonyl (C=O) groups excluding carboxylic acids is 2. The van der Waals surface area contributed by atoms with Gasteiger partial charge in [0.1, 0.15) is 6.54 Å². The van der Waals surface area contributed by atoms with Crippen LogP contribution in [0.1, 0.15) is 6.92 Å². The number of carbonyl (C=O) groups is 2. The lowest BCUT2D eigenvalue weighted by Crippen LogP contribution is -2.54. The predicted octanol–water partition coefficient (Wildman–Crippen LogP) is -1.71. The Morgan fingerprint density at radius 3 is 2.75 bits per heavy atom. The van der Waals surface area contributed by atoms with Gasteiger partial charge in [0, 0.05) is 6.92 Å². The molecule has 0 aliphatic carbocycles. The Hall–Kier alpha value is -0.875. The van der Waals surface area contributed by atoms with Gasteiger partial charge >= 0.3 is 13.2 Å². The van der Waals surface area contributed by atoms with E-state index in [9.17, 15) is 9.59 Å². The van der Waals surface area contributed by atoms with Gasteiger partial charge in [0.15, 0.2) is 12.3 Å². The van der Waals surface area contributed by atoms with Gasteiger partial charge in [-0.25, -0.2) is 4.79 Å². The summed E-state index contributed by atoms with van der Waals surface area (Å²) in [5.41, 5.74) is 0. The van der Waals surface area contributed by atoms with Gasteiger partial charge < -0.3 is 9.68 Å². The van der Waals surface area contributed by atoms with Crippen molar-refractivity contribution < 1.29 is 23.7 Å². The SMILES string of the molecule is CC(=O)C[N+]1(C)CC(=O)OB1[OH2+]. The van der Waals surface area contributed by atoms with Crippen LogP contribution in [-0.2, 0) is 14.2 Å². The molecule has 1 aliphatic heterocycles. The van der Waals surface area contributed by atoms with E-state index in [4.69, 9.17) is 5.02 Å². The zero-order valence-corrected chi connectivity index (χ0v) is 7.16. The highest BCUT2D eigenvalue weighted by molar-refractivity contribution is 6.39. The third-order valence-corrected chi connectivity index (χ3v) is 1.88. The molecule has 0 spiro atoms. The molecule has 1 unspecified atom stereocenters. The van der Waals surface area contributed by atoms with Crippen molar-refractivity contribution in [1.82, 2.24) is 0 Å². The van der Waals surface area contributed by atoms with E-state index in [1.54, 1.807) is 7.05 Å². The second-order valence-electron chi connectivity index (χ2n) is 3.34. The molecule has 2 N–H and O–H groups in total. The van der Waals surface area contributed by atoms with E-state index in [0.717, 1.165) is 0 Å². The zero-order chi connectivity index (χ0) is 9.35. The van der Waals surface area contributed by atoms with Gasteiger partial charge in [-0.3, -0.25) is 9.19 Å². The summed E-state index contributed by atoms with van der Waals surface area (Å²) < 4.78 is 4.68. The molecular formula is C6H12BNO4+2. The molecule has 5 nitrogen and oxygen atoms in total. The average molecular weight is 173 g/mol. The molecule has 6 heteroatoms. The standard InChI is InChI=1S/C6H11BNO4/c1-5(9)3-8(2)4-6(10)12-7(8)11/h11H,3-4H2,1-2H3/q+1/p+1. The number of hydrogen-bond acceptors (Lipinski definition) is 3. The Bertz CT molecular complexity index is 232. The second-order valence-corrected chi connectivity index (χ2v) is 3.34. The summed E-state index contributed by atoms with van der Waals surface area (Å²) in [5.74, 6) is -0.438. The molecule has 1 rings (SSSR count). The molecule has 1 saturated heterocycles. The second kappa shape index (κ2) is 2.87. The molecule has 0 saturated carbocycles. The first kappa shape index (κ1) is 9.21. The van der Waals surface area contributed by atoms with Crippen LogP contribution < -0.4 is 0 Å². The summed E-state index contributed by atoms with van der Waals surface area (Å²) in [6.45, 7) is 1.74. The van der Waals surface area contributed by atoms with Crippen molar-refractivity contribution in [3.63, 3.8) is 0 Å². The third kappa shape index (κ3) is 1.65. The summed E-state index contributed by atoms with van der Waals surface area (Å²) >= 11 is 0. The van der Waals surface area contributed by atoms with Crippen LogP contribution in [0.4, 0.5) is 0 Å². The molecule has 1 heterocycles. The summed E-state index contributed by atoms with van der Waals surface area (Å²) in [5, 5.41) is 7.39. The minimum absolute atomic E-state index is 0.0342. The third-order valence-electron chi connectivity index (χ3n) is 1.88. The Labute approximate surface area is 70.7 Å². The molecule has 0 aromatic heterocycles. The largest absolute Gasteiger partial charge is 1.06 e. The lowest BCUT2D eigenvalue weighted by atomic mass is 10.0. The normalized spacial score (nSPS) is 28.9. The minimum Gasteiger partial charge on any atom is -0.452 e. The van der Waals surface area contributed by atoms with Gasteiger partial charge in [-0.1, -0.05) is 0 Å². The Balaban J connectivity index is 2.70. The fraction of sp³-hybridized carbons (Fsp3) is 0.667. The fourth-order valence-corrected chi connectivity index (χ4v) is 1.31. The lowest BCUT2D eigenvalue weighted by Gasteiger charge is -2.19. The number of rotatable bonds is 2. The topological polar surface area (TPSA) is 66.3 Å². The molecule has 0 bridgehead atoms. The number of Topliss-reactive ketones (excluding diaryl/α,β-unsaturated/α-hetero) is 1. The van der Waals surface area contributed by atoms with E-state index in [1.807, 2.05) is 0 Å². The van der Waals surface area contributed by atoms with Gasteiger partial charge in [0.2, 0.25) is 0 Å². The monoisotopic (exact) mass is 173 g/mol. The first-order valence-electron chi connectivity index (χ1n) is 3.68. The highest BCUT2D eigenvalue weighted by atomic mass is 16.6. The summed E-state index contributed by atoms with van der Waals surface area (Å²) in [7, 11) is 0.727. The molecule has 66 valence electrons. The number of hydrogen-bond donors (Lipinski definition) is 0. The highest BCUT2D eigenvalue weighted by Gasteiger charge is 2.63. The van der Waals surface area contributed by atoms with Crippen molar-refractivity contribution in [3.8, 4) is 0 Å². The van der Waals surface area contributed by atoms with Gasteiger partial charge in [0.05, 0.1) is 7.05 Å². The number of nitrogens with zero attached hydrogens (tertiary/aromatic N) is 1. The van der Waals surface area contributed by atoms with E-state index in [1.165, 1.54) is 6.92 Å². The summed E-state index contributed by atoms with van der Waals surface area (Å²) in [4.78, 5) is 21.6. The molecule has 0 amide bonds. The van der Waals surface area contributed by atoms with Crippen molar-refractivity contribution in [2.75, 3.05) is 20.1 Å². The molecule has 0 aromatic rings. The van der Waals surface area contributed by atoms with Crippen LogP contribution in [0.3, 0.4) is 0 Å². The smallest absolute Gasteiger partial charge is 0.452 e. The Morgan fingerprint density at radius 2 is 2.42 bits per heavy atom. The van der Waals surface area contributed by atoms with Crippen molar-refractivity contribution in [2.24, 2.45) is 0 Å². The lowest BCUT2D eigenvalue weighted by molar-refractivity contribution is -0.795. The van der Waals surface area contributed by atoms with Crippen LogP contribution in [0.15, 0.2) is 0 Å². The molecule has 1 fully saturated rings. The average Bonchev–Trinajstić information content (AvgIpc) is 2.04. The number of ketones is 1. The van der Waals surface area contributed by atoms with Gasteiger partial charge in [-0.2, -0.15) is 0 Å². The van der Waals surface area contributed by atoms with Crippen LogP contribution in [0.2, 0.25) is 0 Å². The maximum absolute atomic E-state index is 10.8. The van der Waals surface area contributed by atoms with E-state index in [0.29, 0.717) is 0 Å². The first-order chi connectivity index (χ1) is 5.44. The number of likely N-dealkylation sites (N-methyl/N-ethyl adjacent to an activating group) is 1. The van der Waals surface area contributed by atoms with Gasteiger partial charge in [-0.05, 0) is 0 Å². The molecule has 0 radical (unpaired) electrons. The van der Waals surface area contributed by atoms with E-state index in [2.05, 4.69) is 4.65 Å². The van der Waals surface area contributed by atoms with E-state index in [-0.39, 0.29) is 23.3 Å².